The monoisotopic (exact) mass is 197 g/mol. The van der Waals surface area contributed by atoms with Crippen LogP contribution in [-0.2, 0) is 9.59 Å². The van der Waals surface area contributed by atoms with Gasteiger partial charge in [0.05, 0.1) is 6.04 Å². The Kier molecular flexibility index (Phi) is 2.19. The molecule has 14 heavy (non-hydrogen) atoms. The number of primary amides is 1. The van der Waals surface area contributed by atoms with E-state index in [0.29, 0.717) is 12.8 Å². The van der Waals surface area contributed by atoms with Crippen LogP contribution in [0.3, 0.4) is 0 Å². The highest BCUT2D eigenvalue weighted by molar-refractivity contribution is 6.05. The molecule has 0 radical (unpaired) electrons. The molecule has 5 heteroatoms. The van der Waals surface area contributed by atoms with E-state index in [2.05, 4.69) is 10.6 Å². The topological polar surface area (TPSA) is 84.2 Å². The van der Waals surface area contributed by atoms with Gasteiger partial charge in [0.2, 0.25) is 11.8 Å². The molecule has 0 atom stereocenters. The summed E-state index contributed by atoms with van der Waals surface area (Å²) in [5.41, 5.74) is 4.36. The molecular weight excluding hydrogens is 182 g/mol. The van der Waals surface area contributed by atoms with Gasteiger partial charge < -0.3 is 16.4 Å². The van der Waals surface area contributed by atoms with Crippen LogP contribution in [0.5, 0.6) is 0 Å². The molecule has 0 aromatic rings. The molecule has 2 rings (SSSR count). The van der Waals surface area contributed by atoms with Crippen LogP contribution in [-0.4, -0.2) is 30.9 Å². The molecule has 1 saturated heterocycles. The van der Waals surface area contributed by atoms with Crippen LogP contribution >= 0.6 is 0 Å². The van der Waals surface area contributed by atoms with Crippen LogP contribution in [0, 0.1) is 5.41 Å². The summed E-state index contributed by atoms with van der Waals surface area (Å²) in [6, 6.07) is 0.180. The second-order valence-electron chi connectivity index (χ2n) is 4.13. The van der Waals surface area contributed by atoms with E-state index in [-0.39, 0.29) is 11.9 Å². The third kappa shape index (κ3) is 1.28. The summed E-state index contributed by atoms with van der Waals surface area (Å²) in [6.45, 7) is 1.58. The molecule has 5 nitrogen and oxygen atoms in total. The van der Waals surface area contributed by atoms with Crippen LogP contribution in [0.25, 0.3) is 0 Å². The van der Waals surface area contributed by atoms with Crippen molar-refractivity contribution in [3.05, 3.63) is 0 Å². The lowest BCUT2D eigenvalue weighted by atomic mass is 9.67. The average molecular weight is 197 g/mol. The van der Waals surface area contributed by atoms with Crippen molar-refractivity contribution in [3.8, 4) is 0 Å². The fourth-order valence-corrected chi connectivity index (χ4v) is 1.83. The maximum absolute atomic E-state index is 11.8. The minimum Gasteiger partial charge on any atom is -0.369 e. The second-order valence-corrected chi connectivity index (χ2v) is 4.13. The highest BCUT2D eigenvalue weighted by atomic mass is 16.2. The summed E-state index contributed by atoms with van der Waals surface area (Å²) in [7, 11) is 0. The Hall–Kier alpha value is -1.10. The van der Waals surface area contributed by atoms with E-state index >= 15 is 0 Å². The number of rotatable bonds is 3. The normalized spacial score (nSPS) is 24.6. The Balaban J connectivity index is 1.97. The van der Waals surface area contributed by atoms with E-state index in [1.54, 1.807) is 0 Å². The molecule has 0 unspecified atom stereocenters. The summed E-state index contributed by atoms with van der Waals surface area (Å²) in [5.74, 6) is -0.656. The lowest BCUT2D eigenvalue weighted by Gasteiger charge is -2.39. The highest BCUT2D eigenvalue weighted by Crippen LogP contribution is 2.40. The van der Waals surface area contributed by atoms with Crippen LogP contribution in [0.15, 0.2) is 0 Å². The molecule has 4 N–H and O–H groups in total. The van der Waals surface area contributed by atoms with Crippen molar-refractivity contribution in [1.82, 2.24) is 10.6 Å². The van der Waals surface area contributed by atoms with Gasteiger partial charge in [-0.3, -0.25) is 9.59 Å². The van der Waals surface area contributed by atoms with Gasteiger partial charge in [0.1, 0.15) is 5.41 Å². The lowest BCUT2D eigenvalue weighted by molar-refractivity contribution is -0.148. The first-order valence-electron chi connectivity index (χ1n) is 4.97. The second kappa shape index (κ2) is 3.24. The summed E-state index contributed by atoms with van der Waals surface area (Å²) in [5, 5.41) is 5.89. The predicted molar refractivity (Wildman–Crippen MR) is 50.3 cm³/mol. The smallest absolute Gasteiger partial charge is 0.235 e. The molecule has 2 amide bonds. The van der Waals surface area contributed by atoms with E-state index in [1.165, 1.54) is 0 Å². The van der Waals surface area contributed by atoms with Crippen molar-refractivity contribution in [1.29, 1.82) is 0 Å². The Bertz CT molecular complexity index is 269. The molecule has 1 aliphatic carbocycles. The van der Waals surface area contributed by atoms with Crippen molar-refractivity contribution in [2.75, 3.05) is 13.1 Å². The minimum atomic E-state index is -0.893. The van der Waals surface area contributed by atoms with E-state index in [4.69, 9.17) is 5.73 Å². The number of hydrogen-bond acceptors (Lipinski definition) is 3. The zero-order valence-corrected chi connectivity index (χ0v) is 8.01. The Morgan fingerprint density at radius 2 is 2.00 bits per heavy atom. The molecule has 78 valence electrons. The number of hydrogen-bond donors (Lipinski definition) is 3. The van der Waals surface area contributed by atoms with Crippen molar-refractivity contribution in [2.24, 2.45) is 11.1 Å². The first-order chi connectivity index (χ1) is 6.65. The number of carbonyl (C=O) groups is 2. The molecule has 2 fully saturated rings. The van der Waals surface area contributed by atoms with Crippen molar-refractivity contribution < 1.29 is 9.59 Å². The van der Waals surface area contributed by atoms with E-state index in [1.807, 2.05) is 0 Å². The van der Waals surface area contributed by atoms with Gasteiger partial charge in [-0.15, -0.1) is 0 Å². The van der Waals surface area contributed by atoms with Crippen molar-refractivity contribution in [2.45, 2.75) is 25.3 Å². The fourth-order valence-electron chi connectivity index (χ4n) is 1.83. The van der Waals surface area contributed by atoms with Gasteiger partial charge in [-0.25, -0.2) is 0 Å². The number of carbonyl (C=O) groups excluding carboxylic acids is 2. The largest absolute Gasteiger partial charge is 0.369 e. The molecule has 1 saturated carbocycles. The van der Waals surface area contributed by atoms with Crippen molar-refractivity contribution in [3.63, 3.8) is 0 Å². The maximum Gasteiger partial charge on any atom is 0.235 e. The third-order valence-corrected chi connectivity index (χ3v) is 3.23. The zero-order valence-electron chi connectivity index (χ0n) is 8.01. The lowest BCUT2D eigenvalue weighted by Crippen LogP contribution is -2.62. The standard InChI is InChI=1S/C9H15N3O2/c10-7(13)9(2-1-3-9)8(14)12-6-4-11-5-6/h6,11H,1-5H2,(H2,10,13)(H,12,14). The number of nitrogens with two attached hydrogens (primary N) is 1. The Morgan fingerprint density at radius 1 is 1.36 bits per heavy atom. The molecule has 0 bridgehead atoms. The summed E-state index contributed by atoms with van der Waals surface area (Å²) in [6.07, 6.45) is 2.13. The summed E-state index contributed by atoms with van der Waals surface area (Å²) < 4.78 is 0. The van der Waals surface area contributed by atoms with Crippen molar-refractivity contribution >= 4 is 11.8 Å². The average Bonchev–Trinajstić information content (AvgIpc) is 1.93. The number of nitrogens with one attached hydrogen (secondary N) is 2. The Morgan fingerprint density at radius 3 is 2.29 bits per heavy atom. The molecule has 2 aliphatic rings. The van der Waals surface area contributed by atoms with E-state index in [0.717, 1.165) is 19.5 Å². The number of amides is 2. The molecule has 0 aromatic carbocycles. The van der Waals surface area contributed by atoms with Crippen LogP contribution in [0.1, 0.15) is 19.3 Å². The van der Waals surface area contributed by atoms with Gasteiger partial charge in [-0.1, -0.05) is 6.42 Å². The van der Waals surface area contributed by atoms with Crippen LogP contribution in [0.2, 0.25) is 0 Å². The fraction of sp³-hybridized carbons (Fsp3) is 0.778. The van der Waals surface area contributed by atoms with Crippen LogP contribution in [0.4, 0.5) is 0 Å². The zero-order chi connectivity index (χ0) is 10.2. The van der Waals surface area contributed by atoms with Gasteiger partial charge in [0.25, 0.3) is 0 Å². The predicted octanol–water partition coefficient (Wildman–Crippen LogP) is -1.27. The summed E-state index contributed by atoms with van der Waals surface area (Å²) in [4.78, 5) is 22.9. The molecule has 1 heterocycles. The summed E-state index contributed by atoms with van der Waals surface area (Å²) >= 11 is 0. The van der Waals surface area contributed by atoms with Gasteiger partial charge >= 0.3 is 0 Å². The van der Waals surface area contributed by atoms with Gasteiger partial charge in [0, 0.05) is 13.1 Å². The third-order valence-electron chi connectivity index (χ3n) is 3.23. The minimum absolute atomic E-state index is 0.178. The molecule has 0 spiro atoms. The first-order valence-corrected chi connectivity index (χ1v) is 4.97. The van der Waals surface area contributed by atoms with Gasteiger partial charge in [-0.2, -0.15) is 0 Å². The molecular formula is C9H15N3O2. The quantitative estimate of drug-likeness (QED) is 0.493. The van der Waals surface area contributed by atoms with E-state index in [9.17, 15) is 9.59 Å². The Labute approximate surface area is 82.4 Å². The van der Waals surface area contributed by atoms with Gasteiger partial charge in [-0.05, 0) is 12.8 Å². The van der Waals surface area contributed by atoms with Crippen LogP contribution < -0.4 is 16.4 Å². The first kappa shape index (κ1) is 9.45. The molecule has 1 aliphatic heterocycles. The molecule has 0 aromatic heterocycles. The SMILES string of the molecule is NC(=O)C1(C(=O)NC2CNC2)CCC1. The maximum atomic E-state index is 11.8. The van der Waals surface area contributed by atoms with E-state index < -0.39 is 11.3 Å². The van der Waals surface area contributed by atoms with Gasteiger partial charge in [0.15, 0.2) is 0 Å². The highest BCUT2D eigenvalue weighted by Gasteiger charge is 2.50.